The summed E-state index contributed by atoms with van der Waals surface area (Å²) in [5, 5.41) is 4.24. The van der Waals surface area contributed by atoms with Crippen molar-refractivity contribution in [2.45, 2.75) is 37.7 Å². The molecule has 3 aromatic carbocycles. The zero-order chi connectivity index (χ0) is 25.9. The molecule has 5 rings (SSSR count). The van der Waals surface area contributed by atoms with Crippen molar-refractivity contribution in [3.05, 3.63) is 112 Å². The number of hydrogen-bond acceptors (Lipinski definition) is 4. The molecule has 0 bridgehead atoms. The number of anilines is 1. The summed E-state index contributed by atoms with van der Waals surface area (Å²) in [6, 6.07) is 20.2. The second kappa shape index (κ2) is 10.6. The lowest BCUT2D eigenvalue weighted by atomic mass is 10.0. The molecule has 2 atom stereocenters. The number of benzene rings is 3. The highest BCUT2D eigenvalue weighted by atomic mass is 32.2. The maximum absolute atomic E-state index is 14.4. The second-order valence-corrected chi connectivity index (χ2v) is 10.2. The minimum absolute atomic E-state index is 0.0561. The predicted octanol–water partition coefficient (Wildman–Crippen LogP) is 4.96. The first-order valence-electron chi connectivity index (χ1n) is 12.0. The number of nitrogens with zero attached hydrogens (tertiary/aromatic N) is 2. The van der Waals surface area contributed by atoms with Gasteiger partial charge in [-0.05, 0) is 41.7 Å². The maximum atomic E-state index is 14.4. The van der Waals surface area contributed by atoms with Crippen molar-refractivity contribution in [1.29, 1.82) is 0 Å². The van der Waals surface area contributed by atoms with Crippen LogP contribution in [0.2, 0.25) is 0 Å². The van der Waals surface area contributed by atoms with Crippen LogP contribution in [0.4, 0.5) is 14.9 Å². The first-order valence-corrected chi connectivity index (χ1v) is 13.0. The van der Waals surface area contributed by atoms with Gasteiger partial charge < -0.3 is 10.2 Å². The van der Waals surface area contributed by atoms with E-state index < -0.39 is 23.1 Å². The molecule has 0 spiro atoms. The monoisotopic (exact) mass is 515 g/mol. The van der Waals surface area contributed by atoms with Crippen molar-refractivity contribution in [2.24, 2.45) is 0 Å². The Hall–Kier alpha value is -3.91. The summed E-state index contributed by atoms with van der Waals surface area (Å²) in [6.45, 7) is 2.51. The van der Waals surface area contributed by atoms with E-state index in [2.05, 4.69) is 5.32 Å². The van der Waals surface area contributed by atoms with Gasteiger partial charge in [0.15, 0.2) is 0 Å². The summed E-state index contributed by atoms with van der Waals surface area (Å²) in [5.74, 6) is -0.820. The quantitative estimate of drug-likeness (QED) is 0.483. The topological polar surface area (TPSA) is 69.7 Å². The highest BCUT2D eigenvalue weighted by Gasteiger charge is 2.47. The van der Waals surface area contributed by atoms with Gasteiger partial charge in [-0.2, -0.15) is 0 Å². The predicted molar refractivity (Wildman–Crippen MR) is 142 cm³/mol. The van der Waals surface area contributed by atoms with Crippen LogP contribution >= 0.6 is 11.8 Å². The van der Waals surface area contributed by atoms with Crippen LogP contribution in [0.1, 0.15) is 22.3 Å². The van der Waals surface area contributed by atoms with Gasteiger partial charge in [-0.15, -0.1) is 11.8 Å². The second-order valence-electron chi connectivity index (χ2n) is 9.16. The summed E-state index contributed by atoms with van der Waals surface area (Å²) in [5.41, 5.74) is 3.76. The minimum Gasteiger partial charge on any atom is -0.352 e. The Kier molecular flexibility index (Phi) is 7.10. The number of carbonyl (C=O) groups is 3. The van der Waals surface area contributed by atoms with Crippen LogP contribution in [0.25, 0.3) is 0 Å². The number of carbonyl (C=O) groups excluding carboxylic acids is 3. The number of amides is 4. The molecule has 2 aliphatic rings. The smallest absolute Gasteiger partial charge is 0.332 e. The Morgan fingerprint density at radius 2 is 1.68 bits per heavy atom. The number of fused-ring (bicyclic) bond motifs is 1. The zero-order valence-electron chi connectivity index (χ0n) is 20.3. The van der Waals surface area contributed by atoms with Gasteiger partial charge in [-0.25, -0.2) is 14.1 Å². The van der Waals surface area contributed by atoms with Gasteiger partial charge in [-0.3, -0.25) is 9.59 Å². The third-order valence-electron chi connectivity index (χ3n) is 6.54. The average Bonchev–Trinajstić information content (AvgIpc) is 3.39. The third kappa shape index (κ3) is 5.29. The fraction of sp³-hybridized carbons (Fsp3) is 0.207. The molecule has 8 heteroatoms. The molecule has 0 radical (unpaired) electrons. The summed E-state index contributed by atoms with van der Waals surface area (Å²) in [6.07, 6.45) is 2.00. The van der Waals surface area contributed by atoms with Gasteiger partial charge in [0.2, 0.25) is 5.91 Å². The summed E-state index contributed by atoms with van der Waals surface area (Å²) in [4.78, 5) is 41.9. The van der Waals surface area contributed by atoms with E-state index in [9.17, 15) is 18.8 Å². The van der Waals surface area contributed by atoms with Crippen LogP contribution in [-0.4, -0.2) is 34.0 Å². The molecule has 0 aromatic heterocycles. The first-order chi connectivity index (χ1) is 17.9. The zero-order valence-corrected chi connectivity index (χ0v) is 21.1. The lowest BCUT2D eigenvalue weighted by molar-refractivity contribution is -0.121. The fourth-order valence-electron chi connectivity index (χ4n) is 4.48. The van der Waals surface area contributed by atoms with E-state index in [0.717, 1.165) is 21.6 Å². The van der Waals surface area contributed by atoms with Gasteiger partial charge in [0.05, 0.1) is 24.7 Å². The molecular weight excluding hydrogens is 489 g/mol. The molecule has 1 saturated heterocycles. The number of imide groups is 1. The van der Waals surface area contributed by atoms with Gasteiger partial charge in [0, 0.05) is 12.1 Å². The number of halogens is 1. The molecule has 2 heterocycles. The standard InChI is InChI=1S/C29H26FN3O3S/c1-19-6-8-21(9-7-19)17-31-26(34)16-20-10-12-23(13-11-20)33-28(35)27-25(14-15-37-27)32(29(33)36)18-22-4-2-3-5-24(22)30/h2-15,25,27H,16-18H2,1H3,(H,31,34). The van der Waals surface area contributed by atoms with E-state index in [-0.39, 0.29) is 24.8 Å². The molecule has 2 unspecified atom stereocenters. The summed E-state index contributed by atoms with van der Waals surface area (Å²) in [7, 11) is 0. The van der Waals surface area contributed by atoms with Gasteiger partial charge in [-0.1, -0.05) is 66.2 Å². The SMILES string of the molecule is Cc1ccc(CNC(=O)Cc2ccc(N3C(=O)C4SC=CC4N(Cc4ccccc4F)C3=O)cc2)cc1. The molecule has 1 N–H and O–H groups in total. The van der Waals surface area contributed by atoms with Crippen LogP contribution < -0.4 is 10.2 Å². The van der Waals surface area contributed by atoms with Crippen LogP contribution in [-0.2, 0) is 29.1 Å². The first kappa shape index (κ1) is 24.8. The number of aryl methyl sites for hydroxylation is 1. The molecule has 6 nitrogen and oxygen atoms in total. The van der Waals surface area contributed by atoms with Crippen LogP contribution in [0.15, 0.2) is 84.3 Å². The molecule has 4 amide bonds. The highest BCUT2D eigenvalue weighted by molar-refractivity contribution is 8.03. The van der Waals surface area contributed by atoms with Crippen molar-refractivity contribution < 1.29 is 18.8 Å². The van der Waals surface area contributed by atoms with E-state index >= 15 is 0 Å². The average molecular weight is 516 g/mol. The number of nitrogens with one attached hydrogen (secondary N) is 1. The van der Waals surface area contributed by atoms with Crippen LogP contribution in [0.5, 0.6) is 0 Å². The van der Waals surface area contributed by atoms with Gasteiger partial charge >= 0.3 is 6.03 Å². The number of thioether (sulfide) groups is 1. The normalized spacial score (nSPS) is 18.8. The molecule has 3 aromatic rings. The van der Waals surface area contributed by atoms with Crippen molar-refractivity contribution in [1.82, 2.24) is 10.2 Å². The highest BCUT2D eigenvalue weighted by Crippen LogP contribution is 2.37. The fourth-order valence-corrected chi connectivity index (χ4v) is 5.52. The Morgan fingerprint density at radius 3 is 2.41 bits per heavy atom. The molecule has 2 aliphatic heterocycles. The van der Waals surface area contributed by atoms with Gasteiger partial charge in [0.1, 0.15) is 11.1 Å². The lowest BCUT2D eigenvalue weighted by Gasteiger charge is -2.41. The van der Waals surface area contributed by atoms with Crippen molar-refractivity contribution in [3.8, 4) is 0 Å². The van der Waals surface area contributed by atoms with Crippen LogP contribution in [0, 0.1) is 12.7 Å². The summed E-state index contributed by atoms with van der Waals surface area (Å²) >= 11 is 1.36. The maximum Gasteiger partial charge on any atom is 0.332 e. The Bertz CT molecular complexity index is 1360. The Morgan fingerprint density at radius 1 is 0.973 bits per heavy atom. The lowest BCUT2D eigenvalue weighted by Crippen LogP contribution is -2.61. The minimum atomic E-state index is -0.495. The Balaban J connectivity index is 1.28. The largest absolute Gasteiger partial charge is 0.352 e. The van der Waals surface area contributed by atoms with E-state index in [1.165, 1.54) is 22.7 Å². The number of rotatable bonds is 7. The van der Waals surface area contributed by atoms with Crippen molar-refractivity contribution in [3.63, 3.8) is 0 Å². The molecule has 188 valence electrons. The van der Waals surface area contributed by atoms with Crippen molar-refractivity contribution >= 4 is 35.3 Å². The van der Waals surface area contributed by atoms with Crippen molar-refractivity contribution in [2.75, 3.05) is 4.90 Å². The Labute approximate surface area is 219 Å². The van der Waals surface area contributed by atoms with E-state index in [1.54, 1.807) is 42.5 Å². The van der Waals surface area contributed by atoms with Crippen LogP contribution in [0.3, 0.4) is 0 Å². The van der Waals surface area contributed by atoms with E-state index in [0.29, 0.717) is 17.8 Å². The molecular formula is C29H26FN3O3S. The number of hydrogen-bond donors (Lipinski definition) is 1. The molecule has 37 heavy (non-hydrogen) atoms. The third-order valence-corrected chi connectivity index (χ3v) is 7.63. The molecule has 1 fully saturated rings. The van der Waals surface area contributed by atoms with E-state index in [4.69, 9.17) is 0 Å². The van der Waals surface area contributed by atoms with E-state index in [1.807, 2.05) is 42.7 Å². The summed E-state index contributed by atoms with van der Waals surface area (Å²) < 4.78 is 14.4. The number of urea groups is 1. The molecule has 0 saturated carbocycles. The molecule has 0 aliphatic carbocycles. The van der Waals surface area contributed by atoms with Gasteiger partial charge in [0.25, 0.3) is 5.91 Å².